The zero-order chi connectivity index (χ0) is 14.3. The van der Waals surface area contributed by atoms with Crippen molar-refractivity contribution >= 4 is 0 Å². The summed E-state index contributed by atoms with van der Waals surface area (Å²) < 4.78 is 5.66. The van der Waals surface area contributed by atoms with Gasteiger partial charge in [-0.15, -0.1) is 0 Å². The Labute approximate surface area is 117 Å². The normalized spacial score (nSPS) is 11.3. The molecule has 0 saturated carbocycles. The van der Waals surface area contributed by atoms with Crippen LogP contribution in [0, 0.1) is 6.92 Å². The molecule has 108 valence electrons. The maximum atomic E-state index is 5.66. The third-order valence-electron chi connectivity index (χ3n) is 2.87. The number of pyridine rings is 1. The van der Waals surface area contributed by atoms with Crippen molar-refractivity contribution in [1.82, 2.24) is 15.2 Å². The lowest BCUT2D eigenvalue weighted by atomic mass is 10.2. The standard InChI is InChI=1S/C15H27N3O/c1-12(2)16-11-14-7-8-15(17-13(14)3)19-10-6-9-18(4)5/h7-8,12,16H,6,9-11H2,1-5H3. The first-order valence-corrected chi connectivity index (χ1v) is 6.96. The summed E-state index contributed by atoms with van der Waals surface area (Å²) in [5.74, 6) is 0.726. The lowest BCUT2D eigenvalue weighted by Crippen LogP contribution is -2.22. The summed E-state index contributed by atoms with van der Waals surface area (Å²) in [6.45, 7) is 8.93. The fourth-order valence-electron chi connectivity index (χ4n) is 1.71. The van der Waals surface area contributed by atoms with E-state index in [-0.39, 0.29) is 0 Å². The Hall–Kier alpha value is -1.13. The van der Waals surface area contributed by atoms with Crippen LogP contribution in [0.25, 0.3) is 0 Å². The quantitative estimate of drug-likeness (QED) is 0.731. The van der Waals surface area contributed by atoms with Gasteiger partial charge in [-0.1, -0.05) is 19.9 Å². The first-order chi connectivity index (χ1) is 8.99. The minimum absolute atomic E-state index is 0.487. The molecule has 0 atom stereocenters. The zero-order valence-corrected chi connectivity index (χ0v) is 12.9. The highest BCUT2D eigenvalue weighted by molar-refractivity contribution is 5.24. The molecule has 0 saturated heterocycles. The number of hydrogen-bond donors (Lipinski definition) is 1. The predicted octanol–water partition coefficient (Wildman–Crippen LogP) is 2.22. The van der Waals surface area contributed by atoms with E-state index in [2.05, 4.69) is 49.2 Å². The molecule has 0 aliphatic heterocycles. The average molecular weight is 265 g/mol. The maximum Gasteiger partial charge on any atom is 0.213 e. The van der Waals surface area contributed by atoms with Gasteiger partial charge in [0.15, 0.2) is 0 Å². The minimum atomic E-state index is 0.487. The molecular weight excluding hydrogens is 238 g/mol. The van der Waals surface area contributed by atoms with Crippen LogP contribution < -0.4 is 10.1 Å². The molecule has 4 nitrogen and oxygen atoms in total. The number of aromatic nitrogens is 1. The highest BCUT2D eigenvalue weighted by Gasteiger charge is 2.03. The second-order valence-corrected chi connectivity index (χ2v) is 5.43. The van der Waals surface area contributed by atoms with Crippen LogP contribution in [-0.4, -0.2) is 43.2 Å². The van der Waals surface area contributed by atoms with Gasteiger partial charge in [-0.25, -0.2) is 4.98 Å². The van der Waals surface area contributed by atoms with Gasteiger partial charge in [-0.2, -0.15) is 0 Å². The van der Waals surface area contributed by atoms with E-state index in [4.69, 9.17) is 4.74 Å². The smallest absolute Gasteiger partial charge is 0.213 e. The highest BCUT2D eigenvalue weighted by atomic mass is 16.5. The predicted molar refractivity (Wildman–Crippen MR) is 79.6 cm³/mol. The van der Waals surface area contributed by atoms with Crippen molar-refractivity contribution in [2.24, 2.45) is 0 Å². The van der Waals surface area contributed by atoms with Crippen LogP contribution >= 0.6 is 0 Å². The van der Waals surface area contributed by atoms with Crippen LogP contribution in [0.15, 0.2) is 12.1 Å². The number of nitrogens with zero attached hydrogens (tertiary/aromatic N) is 2. The van der Waals surface area contributed by atoms with Crippen molar-refractivity contribution in [2.45, 2.75) is 39.8 Å². The summed E-state index contributed by atoms with van der Waals surface area (Å²) in [5.41, 5.74) is 2.27. The van der Waals surface area contributed by atoms with Crippen molar-refractivity contribution in [1.29, 1.82) is 0 Å². The summed E-state index contributed by atoms with van der Waals surface area (Å²) in [6.07, 6.45) is 1.02. The van der Waals surface area contributed by atoms with Gasteiger partial charge in [0.05, 0.1) is 6.61 Å². The lowest BCUT2D eigenvalue weighted by Gasteiger charge is -2.12. The van der Waals surface area contributed by atoms with E-state index in [0.29, 0.717) is 12.6 Å². The van der Waals surface area contributed by atoms with Crippen molar-refractivity contribution < 1.29 is 4.74 Å². The summed E-state index contributed by atoms with van der Waals surface area (Å²) >= 11 is 0. The van der Waals surface area contributed by atoms with E-state index < -0.39 is 0 Å². The van der Waals surface area contributed by atoms with E-state index >= 15 is 0 Å². The third-order valence-corrected chi connectivity index (χ3v) is 2.87. The number of aryl methyl sites for hydroxylation is 1. The molecule has 0 bridgehead atoms. The third kappa shape index (κ3) is 6.55. The molecule has 1 aromatic heterocycles. The Kier molecular flexibility index (Phi) is 6.81. The summed E-state index contributed by atoms with van der Waals surface area (Å²) in [6, 6.07) is 4.54. The Bertz CT molecular complexity index is 378. The van der Waals surface area contributed by atoms with E-state index in [1.54, 1.807) is 0 Å². The molecule has 0 radical (unpaired) electrons. The average Bonchev–Trinajstić information content (AvgIpc) is 2.33. The van der Waals surface area contributed by atoms with Gasteiger partial charge in [-0.05, 0) is 33.0 Å². The molecule has 0 aliphatic rings. The molecule has 0 unspecified atom stereocenters. The van der Waals surface area contributed by atoms with E-state index in [1.807, 2.05) is 13.0 Å². The molecule has 19 heavy (non-hydrogen) atoms. The Morgan fingerprint density at radius 1 is 1.32 bits per heavy atom. The zero-order valence-electron chi connectivity index (χ0n) is 12.9. The molecule has 0 spiro atoms. The first kappa shape index (κ1) is 15.9. The fraction of sp³-hybridized carbons (Fsp3) is 0.667. The van der Waals surface area contributed by atoms with Gasteiger partial charge in [0.1, 0.15) is 0 Å². The van der Waals surface area contributed by atoms with Crippen LogP contribution in [0.5, 0.6) is 5.88 Å². The molecule has 0 aliphatic carbocycles. The van der Waals surface area contributed by atoms with Crippen molar-refractivity contribution in [3.8, 4) is 5.88 Å². The minimum Gasteiger partial charge on any atom is -0.478 e. The molecule has 4 heteroatoms. The molecule has 0 fully saturated rings. The van der Waals surface area contributed by atoms with E-state index in [0.717, 1.165) is 31.1 Å². The topological polar surface area (TPSA) is 37.4 Å². The number of nitrogens with one attached hydrogen (secondary N) is 1. The molecule has 1 aromatic rings. The van der Waals surface area contributed by atoms with Crippen LogP contribution in [-0.2, 0) is 6.54 Å². The van der Waals surface area contributed by atoms with Crippen molar-refractivity contribution in [3.63, 3.8) is 0 Å². The van der Waals surface area contributed by atoms with Crippen LogP contribution in [0.3, 0.4) is 0 Å². The molecular formula is C15H27N3O. The molecule has 0 aromatic carbocycles. The second kappa shape index (κ2) is 8.12. The van der Waals surface area contributed by atoms with Crippen LogP contribution in [0.2, 0.25) is 0 Å². The first-order valence-electron chi connectivity index (χ1n) is 6.96. The van der Waals surface area contributed by atoms with E-state index in [9.17, 15) is 0 Å². The highest BCUT2D eigenvalue weighted by Crippen LogP contribution is 2.12. The van der Waals surface area contributed by atoms with Crippen LogP contribution in [0.4, 0.5) is 0 Å². The van der Waals surface area contributed by atoms with E-state index in [1.165, 1.54) is 5.56 Å². The van der Waals surface area contributed by atoms with Crippen LogP contribution in [0.1, 0.15) is 31.5 Å². The van der Waals surface area contributed by atoms with Gasteiger partial charge < -0.3 is 15.0 Å². The van der Waals surface area contributed by atoms with Crippen molar-refractivity contribution in [3.05, 3.63) is 23.4 Å². The maximum absolute atomic E-state index is 5.66. The molecule has 1 heterocycles. The Balaban J connectivity index is 2.42. The van der Waals surface area contributed by atoms with Crippen molar-refractivity contribution in [2.75, 3.05) is 27.2 Å². The van der Waals surface area contributed by atoms with Gasteiger partial charge in [0.25, 0.3) is 0 Å². The van der Waals surface area contributed by atoms with Gasteiger partial charge in [0.2, 0.25) is 5.88 Å². The summed E-state index contributed by atoms with van der Waals surface area (Å²) in [7, 11) is 4.14. The summed E-state index contributed by atoms with van der Waals surface area (Å²) in [5, 5.41) is 3.40. The van der Waals surface area contributed by atoms with Gasteiger partial charge in [0, 0.05) is 30.9 Å². The molecule has 0 amide bonds. The summed E-state index contributed by atoms with van der Waals surface area (Å²) in [4.78, 5) is 6.65. The second-order valence-electron chi connectivity index (χ2n) is 5.43. The number of ether oxygens (including phenoxy) is 1. The number of rotatable bonds is 8. The molecule has 1 rings (SSSR count). The monoisotopic (exact) mass is 265 g/mol. The fourth-order valence-corrected chi connectivity index (χ4v) is 1.71. The lowest BCUT2D eigenvalue weighted by molar-refractivity contribution is 0.272. The Morgan fingerprint density at radius 2 is 2.05 bits per heavy atom. The Morgan fingerprint density at radius 3 is 2.63 bits per heavy atom. The van der Waals surface area contributed by atoms with Gasteiger partial charge in [-0.3, -0.25) is 0 Å². The number of hydrogen-bond acceptors (Lipinski definition) is 4. The van der Waals surface area contributed by atoms with Gasteiger partial charge >= 0.3 is 0 Å². The molecule has 1 N–H and O–H groups in total. The largest absolute Gasteiger partial charge is 0.478 e. The SMILES string of the molecule is Cc1nc(OCCCN(C)C)ccc1CNC(C)C.